The van der Waals surface area contributed by atoms with Gasteiger partial charge in [0.05, 0.1) is 6.54 Å². The van der Waals surface area contributed by atoms with Crippen LogP contribution < -0.4 is 5.73 Å². The highest BCUT2D eigenvalue weighted by Crippen LogP contribution is 2.28. The summed E-state index contributed by atoms with van der Waals surface area (Å²) >= 11 is 3.02. The third kappa shape index (κ3) is 4.07. The van der Waals surface area contributed by atoms with Gasteiger partial charge in [-0.05, 0) is 30.9 Å². The van der Waals surface area contributed by atoms with Crippen molar-refractivity contribution in [3.63, 3.8) is 0 Å². The van der Waals surface area contributed by atoms with Crippen LogP contribution >= 0.6 is 23.1 Å². The van der Waals surface area contributed by atoms with Gasteiger partial charge in [0.15, 0.2) is 10.2 Å². The van der Waals surface area contributed by atoms with Crippen LogP contribution in [0.4, 0.5) is 4.39 Å². The monoisotopic (exact) mass is 352 g/mol. The highest BCUT2D eigenvalue weighted by Gasteiger charge is 2.12. The van der Waals surface area contributed by atoms with Crippen molar-refractivity contribution in [1.82, 2.24) is 19.8 Å². The first kappa shape index (κ1) is 16.4. The van der Waals surface area contributed by atoms with E-state index >= 15 is 0 Å². The molecule has 8 heteroatoms. The first-order valence-electron chi connectivity index (χ1n) is 7.64. The fraction of sp³-hybridized carbons (Fsp3) is 0.400. The Labute approximate surface area is 142 Å². The molecule has 0 amide bonds. The van der Waals surface area contributed by atoms with Crippen molar-refractivity contribution in [3.8, 4) is 0 Å². The van der Waals surface area contributed by atoms with E-state index < -0.39 is 0 Å². The molecule has 0 spiro atoms. The largest absolute Gasteiger partial charge is 0.358 e. The average Bonchev–Trinajstić information content (AvgIpc) is 3.12. The summed E-state index contributed by atoms with van der Waals surface area (Å²) in [5.74, 6) is 1.29. The number of halogens is 1. The van der Waals surface area contributed by atoms with Gasteiger partial charge in [0, 0.05) is 12.2 Å². The molecule has 3 N–H and O–H groups in total. The molecule has 5 nitrogen and oxygen atoms in total. The number of rotatable bonds is 8. The fourth-order valence-electron chi connectivity index (χ4n) is 2.25. The van der Waals surface area contributed by atoms with Crippen LogP contribution in [0.25, 0.3) is 4.96 Å². The third-order valence-corrected chi connectivity index (χ3v) is 5.58. The maximum Gasteiger partial charge on any atom is 0.235 e. The average molecular weight is 352 g/mol. The van der Waals surface area contributed by atoms with Gasteiger partial charge < -0.3 is 5.73 Å². The highest BCUT2D eigenvalue weighted by atomic mass is 32.2. The van der Waals surface area contributed by atoms with E-state index in [2.05, 4.69) is 21.0 Å². The first-order chi connectivity index (χ1) is 11.3. The van der Waals surface area contributed by atoms with E-state index in [0.717, 1.165) is 47.4 Å². The van der Waals surface area contributed by atoms with Gasteiger partial charge in [-0.25, -0.2) is 4.39 Å². The summed E-state index contributed by atoms with van der Waals surface area (Å²) in [6.07, 6.45) is 4.24. The lowest BCUT2D eigenvalue weighted by atomic mass is 10.2. The SMILES string of the molecule is [NH3+]CCCCCc1nnc2sc(SCc3ccccc3F)nn12. The summed E-state index contributed by atoms with van der Waals surface area (Å²) in [6.45, 7) is 0.975. The van der Waals surface area contributed by atoms with Gasteiger partial charge in [-0.3, -0.25) is 0 Å². The number of quaternary nitrogens is 1. The van der Waals surface area contributed by atoms with Crippen LogP contribution in [-0.2, 0) is 12.2 Å². The van der Waals surface area contributed by atoms with Gasteiger partial charge >= 0.3 is 0 Å². The van der Waals surface area contributed by atoms with E-state index in [1.54, 1.807) is 12.1 Å². The Morgan fingerprint density at radius 2 is 2.04 bits per heavy atom. The zero-order valence-corrected chi connectivity index (χ0v) is 14.4. The van der Waals surface area contributed by atoms with Crippen molar-refractivity contribution in [2.45, 2.75) is 35.8 Å². The second-order valence-electron chi connectivity index (χ2n) is 5.22. The molecule has 2 heterocycles. The van der Waals surface area contributed by atoms with E-state index in [1.807, 2.05) is 10.6 Å². The van der Waals surface area contributed by atoms with Gasteiger partial charge in [0.25, 0.3) is 0 Å². The van der Waals surface area contributed by atoms with Crippen LogP contribution in [0.1, 0.15) is 30.7 Å². The molecule has 2 aromatic heterocycles. The molecular weight excluding hydrogens is 333 g/mol. The van der Waals surface area contributed by atoms with Crippen LogP contribution in [0, 0.1) is 5.82 Å². The topological polar surface area (TPSA) is 70.7 Å². The van der Waals surface area contributed by atoms with E-state index in [9.17, 15) is 4.39 Å². The smallest absolute Gasteiger partial charge is 0.235 e. The van der Waals surface area contributed by atoms with Crippen molar-refractivity contribution in [2.75, 3.05) is 6.54 Å². The maximum absolute atomic E-state index is 13.6. The van der Waals surface area contributed by atoms with Crippen molar-refractivity contribution < 1.29 is 10.1 Å². The minimum atomic E-state index is -0.172. The fourth-order valence-corrected chi connectivity index (χ4v) is 4.13. The Kier molecular flexibility index (Phi) is 5.58. The van der Waals surface area contributed by atoms with Crippen LogP contribution in [0.3, 0.4) is 0 Å². The van der Waals surface area contributed by atoms with Crippen LogP contribution in [0.2, 0.25) is 0 Å². The molecular formula is C15H19FN5S2+. The molecule has 1 aromatic carbocycles. The molecule has 0 unspecified atom stereocenters. The van der Waals surface area contributed by atoms with E-state index in [1.165, 1.54) is 29.2 Å². The molecule has 0 aliphatic heterocycles. The summed E-state index contributed by atoms with van der Waals surface area (Å²) in [7, 11) is 0. The third-order valence-electron chi connectivity index (χ3n) is 3.50. The molecule has 0 saturated carbocycles. The summed E-state index contributed by atoms with van der Waals surface area (Å²) in [5.41, 5.74) is 4.54. The number of fused-ring (bicyclic) bond motifs is 1. The number of unbranched alkanes of at least 4 members (excludes halogenated alkanes) is 2. The lowest BCUT2D eigenvalue weighted by Crippen LogP contribution is -2.50. The number of hydrogen-bond donors (Lipinski definition) is 1. The highest BCUT2D eigenvalue weighted by molar-refractivity contribution is 8.00. The van der Waals surface area contributed by atoms with Gasteiger partial charge in [-0.15, -0.1) is 15.3 Å². The predicted molar refractivity (Wildman–Crippen MR) is 89.9 cm³/mol. The number of benzene rings is 1. The molecule has 0 saturated heterocycles. The lowest BCUT2D eigenvalue weighted by molar-refractivity contribution is -0.368. The van der Waals surface area contributed by atoms with Crippen LogP contribution in [0.5, 0.6) is 0 Å². The van der Waals surface area contributed by atoms with Gasteiger partial charge in [-0.2, -0.15) is 4.52 Å². The minimum absolute atomic E-state index is 0.172. The zero-order chi connectivity index (χ0) is 16.1. The number of aromatic nitrogens is 4. The van der Waals surface area contributed by atoms with Crippen molar-refractivity contribution in [2.24, 2.45) is 0 Å². The molecule has 0 atom stereocenters. The maximum atomic E-state index is 13.6. The Morgan fingerprint density at radius 1 is 1.17 bits per heavy atom. The Bertz CT molecular complexity index is 770. The number of nitrogens with zero attached hydrogens (tertiary/aromatic N) is 4. The molecule has 23 heavy (non-hydrogen) atoms. The van der Waals surface area contributed by atoms with Crippen molar-refractivity contribution in [3.05, 3.63) is 41.5 Å². The summed E-state index contributed by atoms with van der Waals surface area (Å²) < 4.78 is 16.3. The van der Waals surface area contributed by atoms with E-state index in [-0.39, 0.29) is 5.82 Å². The van der Waals surface area contributed by atoms with Gasteiger partial charge in [-0.1, -0.05) is 41.3 Å². The second-order valence-corrected chi connectivity index (χ2v) is 7.40. The molecule has 0 bridgehead atoms. The minimum Gasteiger partial charge on any atom is -0.358 e. The molecule has 3 aromatic rings. The molecule has 0 fully saturated rings. The van der Waals surface area contributed by atoms with Crippen LogP contribution in [0.15, 0.2) is 28.6 Å². The molecule has 0 aliphatic rings. The van der Waals surface area contributed by atoms with Crippen molar-refractivity contribution in [1.29, 1.82) is 0 Å². The molecule has 122 valence electrons. The Morgan fingerprint density at radius 3 is 2.87 bits per heavy atom. The predicted octanol–water partition coefficient (Wildman–Crippen LogP) is 2.57. The zero-order valence-electron chi connectivity index (χ0n) is 12.7. The number of aryl methyl sites for hydroxylation is 1. The summed E-state index contributed by atoms with van der Waals surface area (Å²) in [5, 5.41) is 12.9. The Hall–Kier alpha value is -1.51. The van der Waals surface area contributed by atoms with Crippen LogP contribution in [-0.4, -0.2) is 26.4 Å². The molecule has 0 aliphatic carbocycles. The van der Waals surface area contributed by atoms with Gasteiger partial charge in [0.1, 0.15) is 5.82 Å². The van der Waals surface area contributed by atoms with Crippen molar-refractivity contribution >= 4 is 28.1 Å². The Balaban J connectivity index is 1.64. The number of thioether (sulfide) groups is 1. The lowest BCUT2D eigenvalue weighted by Gasteiger charge is -2.00. The van der Waals surface area contributed by atoms with E-state index in [4.69, 9.17) is 0 Å². The number of hydrogen-bond acceptors (Lipinski definition) is 5. The van der Waals surface area contributed by atoms with E-state index in [0.29, 0.717) is 11.3 Å². The first-order valence-corrected chi connectivity index (χ1v) is 9.44. The molecule has 3 rings (SSSR count). The molecule has 0 radical (unpaired) electrons. The summed E-state index contributed by atoms with van der Waals surface area (Å²) in [6, 6.07) is 6.84. The van der Waals surface area contributed by atoms with Gasteiger partial charge in [0.2, 0.25) is 4.96 Å². The standard InChI is InChI=1S/C15H18FN5S2/c16-12-7-4-3-6-11(12)10-22-15-20-21-13(8-2-1-5-9-17)18-19-14(21)23-15/h3-4,6-7H,1-2,5,8-10,17H2/p+1. The summed E-state index contributed by atoms with van der Waals surface area (Å²) in [4.78, 5) is 0.799. The normalized spacial score (nSPS) is 11.4. The quantitative estimate of drug-likeness (QED) is 0.500. The second kappa shape index (κ2) is 7.85.